The molecule has 3 heteroatoms. The van der Waals surface area contributed by atoms with Gasteiger partial charge in [0.25, 0.3) is 0 Å². The van der Waals surface area contributed by atoms with E-state index in [0.29, 0.717) is 6.61 Å². The molecule has 0 heterocycles. The van der Waals surface area contributed by atoms with Crippen LogP contribution >= 0.6 is 0 Å². The molecular weight excluding hydrogens is 250 g/mol. The number of hydrogen-bond acceptors (Lipinski definition) is 2. The van der Waals surface area contributed by atoms with Crippen LogP contribution in [0.3, 0.4) is 0 Å². The van der Waals surface area contributed by atoms with Gasteiger partial charge in [0.1, 0.15) is 0 Å². The first-order chi connectivity index (χ1) is 8.62. The summed E-state index contributed by atoms with van der Waals surface area (Å²) in [7, 11) is -1.66. The summed E-state index contributed by atoms with van der Waals surface area (Å²) in [5, 5.41) is 0.260. The highest BCUT2D eigenvalue weighted by Gasteiger charge is 2.36. The van der Waals surface area contributed by atoms with E-state index in [2.05, 4.69) is 58.1 Å². The molecule has 0 aliphatic heterocycles. The van der Waals surface area contributed by atoms with Gasteiger partial charge in [-0.25, -0.2) is 0 Å². The van der Waals surface area contributed by atoms with Gasteiger partial charge in [0, 0.05) is 6.04 Å². The van der Waals surface area contributed by atoms with Gasteiger partial charge in [0.15, 0.2) is 8.32 Å². The molecule has 0 saturated heterocycles. The van der Waals surface area contributed by atoms with E-state index in [9.17, 15) is 0 Å². The molecule has 0 amide bonds. The van der Waals surface area contributed by atoms with Crippen LogP contribution in [0, 0.1) is 0 Å². The highest BCUT2D eigenvalue weighted by Crippen LogP contribution is 2.37. The minimum Gasteiger partial charge on any atom is -0.413 e. The highest BCUT2D eigenvalue weighted by atomic mass is 28.4. The second kappa shape index (κ2) is 6.20. The van der Waals surface area contributed by atoms with Gasteiger partial charge in [-0.15, -0.1) is 0 Å². The van der Waals surface area contributed by atoms with Crippen LogP contribution in [0.25, 0.3) is 0 Å². The van der Waals surface area contributed by atoms with E-state index in [1.165, 1.54) is 11.1 Å². The van der Waals surface area contributed by atoms with Crippen LogP contribution in [-0.2, 0) is 17.5 Å². The van der Waals surface area contributed by atoms with E-state index in [-0.39, 0.29) is 11.1 Å². The summed E-state index contributed by atoms with van der Waals surface area (Å²) in [6, 6.07) is 8.80. The molecule has 0 aliphatic rings. The van der Waals surface area contributed by atoms with E-state index in [1.54, 1.807) is 0 Å². The zero-order valence-corrected chi connectivity index (χ0v) is 14.3. The number of hydrogen-bond donors (Lipinski definition) is 1. The van der Waals surface area contributed by atoms with Crippen LogP contribution in [0.5, 0.6) is 0 Å². The molecule has 0 bridgehead atoms. The Morgan fingerprint density at radius 2 is 1.79 bits per heavy atom. The number of rotatable bonds is 5. The largest absolute Gasteiger partial charge is 0.413 e. The van der Waals surface area contributed by atoms with Crippen LogP contribution in [0.1, 0.15) is 38.8 Å². The molecule has 0 unspecified atom stereocenters. The Morgan fingerprint density at radius 3 is 2.32 bits per heavy atom. The standard InChI is InChI=1S/C16H29NOSi/c1-13(17)10-14-8-7-9-15(11-14)12-18-19(5,6)16(2,3)4/h7-9,11,13H,10,12,17H2,1-6H3/t13-/m0/s1. The molecule has 1 aromatic carbocycles. The average molecular weight is 279 g/mol. The van der Waals surface area contributed by atoms with Gasteiger partial charge < -0.3 is 10.2 Å². The van der Waals surface area contributed by atoms with Crippen molar-refractivity contribution in [3.8, 4) is 0 Å². The van der Waals surface area contributed by atoms with Crippen LogP contribution in [0.4, 0.5) is 0 Å². The second-order valence-corrected chi connectivity index (χ2v) is 11.9. The Kier molecular flexibility index (Phi) is 5.36. The Hall–Kier alpha value is -0.643. The van der Waals surface area contributed by atoms with Crippen LogP contribution in [0.2, 0.25) is 18.1 Å². The monoisotopic (exact) mass is 279 g/mol. The first kappa shape index (κ1) is 16.4. The second-order valence-electron chi connectivity index (χ2n) is 7.05. The molecule has 108 valence electrons. The van der Waals surface area contributed by atoms with Crippen LogP contribution in [0.15, 0.2) is 24.3 Å². The zero-order valence-electron chi connectivity index (χ0n) is 13.3. The Bertz CT molecular complexity index is 407. The fraction of sp³-hybridized carbons (Fsp3) is 0.625. The molecule has 0 radical (unpaired) electrons. The first-order valence-electron chi connectivity index (χ1n) is 7.09. The van der Waals surface area contributed by atoms with Crippen molar-refractivity contribution in [2.45, 2.75) is 64.9 Å². The zero-order chi connectivity index (χ0) is 14.7. The van der Waals surface area contributed by atoms with Crippen molar-refractivity contribution in [3.05, 3.63) is 35.4 Å². The molecule has 0 spiro atoms. The van der Waals surface area contributed by atoms with Gasteiger partial charge in [-0.2, -0.15) is 0 Å². The lowest BCUT2D eigenvalue weighted by Crippen LogP contribution is -2.40. The van der Waals surface area contributed by atoms with E-state index in [4.69, 9.17) is 10.2 Å². The maximum absolute atomic E-state index is 6.25. The lowest BCUT2D eigenvalue weighted by Gasteiger charge is -2.36. The summed E-state index contributed by atoms with van der Waals surface area (Å²) in [4.78, 5) is 0. The topological polar surface area (TPSA) is 35.2 Å². The van der Waals surface area contributed by atoms with Crippen molar-refractivity contribution in [2.24, 2.45) is 5.73 Å². The van der Waals surface area contributed by atoms with E-state index < -0.39 is 8.32 Å². The molecule has 19 heavy (non-hydrogen) atoms. The predicted octanol–water partition coefficient (Wildman–Crippen LogP) is 4.10. The SMILES string of the molecule is C[C@H](N)Cc1cccc(CO[Si](C)(C)C(C)(C)C)c1. The average Bonchev–Trinajstić information content (AvgIpc) is 2.24. The summed E-state index contributed by atoms with van der Waals surface area (Å²) >= 11 is 0. The van der Waals surface area contributed by atoms with Gasteiger partial charge in [0.2, 0.25) is 0 Å². The molecular formula is C16H29NOSi. The van der Waals surface area contributed by atoms with Crippen molar-refractivity contribution >= 4 is 8.32 Å². The van der Waals surface area contributed by atoms with Crippen molar-refractivity contribution in [3.63, 3.8) is 0 Å². The third-order valence-corrected chi connectivity index (χ3v) is 8.43. The van der Waals surface area contributed by atoms with Crippen molar-refractivity contribution in [1.29, 1.82) is 0 Å². The van der Waals surface area contributed by atoms with Crippen LogP contribution in [-0.4, -0.2) is 14.4 Å². The minimum absolute atomic E-state index is 0.205. The fourth-order valence-corrected chi connectivity index (χ4v) is 2.66. The third kappa shape index (κ3) is 5.09. The molecule has 1 aromatic rings. The summed E-state index contributed by atoms with van der Waals surface area (Å²) in [6.45, 7) is 14.1. The Morgan fingerprint density at radius 1 is 1.21 bits per heavy atom. The van der Waals surface area contributed by atoms with E-state index in [1.807, 2.05) is 6.92 Å². The van der Waals surface area contributed by atoms with Crippen molar-refractivity contribution < 1.29 is 4.43 Å². The summed E-state index contributed by atoms with van der Waals surface area (Å²) in [5.41, 5.74) is 8.40. The molecule has 0 aromatic heterocycles. The fourth-order valence-electron chi connectivity index (χ4n) is 1.70. The molecule has 0 saturated carbocycles. The summed E-state index contributed by atoms with van der Waals surface area (Å²) in [5.74, 6) is 0. The van der Waals surface area contributed by atoms with Gasteiger partial charge in [-0.1, -0.05) is 45.0 Å². The minimum atomic E-state index is -1.66. The maximum atomic E-state index is 6.25. The smallest absolute Gasteiger partial charge is 0.192 e. The van der Waals surface area contributed by atoms with Gasteiger partial charge >= 0.3 is 0 Å². The molecule has 1 atom stereocenters. The first-order valence-corrected chi connectivity index (χ1v) is 10.00. The summed E-state index contributed by atoms with van der Waals surface area (Å²) in [6.07, 6.45) is 0.925. The third-order valence-electron chi connectivity index (χ3n) is 3.95. The van der Waals surface area contributed by atoms with Gasteiger partial charge in [0.05, 0.1) is 6.61 Å². The Balaban J connectivity index is 2.68. The van der Waals surface area contributed by atoms with E-state index in [0.717, 1.165) is 6.42 Å². The quantitative estimate of drug-likeness (QED) is 0.824. The normalized spacial score (nSPS) is 14.5. The lowest BCUT2D eigenvalue weighted by molar-refractivity contribution is 0.276. The molecule has 2 N–H and O–H groups in total. The summed E-state index contributed by atoms with van der Waals surface area (Å²) < 4.78 is 6.25. The van der Waals surface area contributed by atoms with Gasteiger partial charge in [-0.3, -0.25) is 0 Å². The number of nitrogens with two attached hydrogens (primary N) is 1. The Labute approximate surface area is 119 Å². The predicted molar refractivity (Wildman–Crippen MR) is 85.8 cm³/mol. The van der Waals surface area contributed by atoms with Gasteiger partial charge in [-0.05, 0) is 42.6 Å². The molecule has 2 nitrogen and oxygen atoms in total. The van der Waals surface area contributed by atoms with E-state index >= 15 is 0 Å². The van der Waals surface area contributed by atoms with Crippen molar-refractivity contribution in [2.75, 3.05) is 0 Å². The highest BCUT2D eigenvalue weighted by molar-refractivity contribution is 6.74. The van der Waals surface area contributed by atoms with Crippen LogP contribution < -0.4 is 5.73 Å². The number of benzene rings is 1. The molecule has 0 fully saturated rings. The lowest BCUT2D eigenvalue weighted by atomic mass is 10.1. The molecule has 0 aliphatic carbocycles. The van der Waals surface area contributed by atoms with Crippen molar-refractivity contribution in [1.82, 2.24) is 0 Å². The molecule has 1 rings (SSSR count). The maximum Gasteiger partial charge on any atom is 0.192 e.